The van der Waals surface area contributed by atoms with E-state index in [4.69, 9.17) is 11.6 Å². The lowest BCUT2D eigenvalue weighted by molar-refractivity contribution is -0.121. The molecule has 3 heteroatoms. The van der Waals surface area contributed by atoms with Crippen LogP contribution in [0.2, 0.25) is 5.02 Å². The molecule has 1 aromatic carbocycles. The Morgan fingerprint density at radius 2 is 2.12 bits per heavy atom. The Morgan fingerprint density at radius 1 is 1.44 bits per heavy atom. The number of benzene rings is 1. The molecule has 0 bridgehead atoms. The first-order chi connectivity index (χ1) is 7.50. The molecule has 0 spiro atoms. The zero-order valence-corrected chi connectivity index (χ0v) is 10.8. The lowest BCUT2D eigenvalue weighted by atomic mass is 10.0. The monoisotopic (exact) mass is 239 g/mol. The van der Waals surface area contributed by atoms with Gasteiger partial charge in [-0.2, -0.15) is 0 Å². The summed E-state index contributed by atoms with van der Waals surface area (Å²) in [7, 11) is 3.87. The molecule has 0 amide bonds. The molecule has 0 heterocycles. The van der Waals surface area contributed by atoms with Gasteiger partial charge in [0.2, 0.25) is 0 Å². The summed E-state index contributed by atoms with van der Waals surface area (Å²) in [6.07, 6.45) is 1.71. The number of nitrogens with zero attached hydrogens (tertiary/aromatic N) is 1. The SMILES string of the molecule is CC(=O)[C@H](CCc1cccc(Cl)c1)N(C)C. The van der Waals surface area contributed by atoms with Crippen LogP contribution in [0.1, 0.15) is 18.9 Å². The van der Waals surface area contributed by atoms with Gasteiger partial charge in [-0.1, -0.05) is 23.7 Å². The molecule has 0 fully saturated rings. The van der Waals surface area contributed by atoms with Gasteiger partial charge in [-0.05, 0) is 51.6 Å². The van der Waals surface area contributed by atoms with Crippen molar-refractivity contribution in [1.29, 1.82) is 0 Å². The zero-order valence-electron chi connectivity index (χ0n) is 10.0. The minimum Gasteiger partial charge on any atom is -0.300 e. The van der Waals surface area contributed by atoms with Gasteiger partial charge in [0.1, 0.15) is 5.78 Å². The van der Waals surface area contributed by atoms with Gasteiger partial charge in [0.15, 0.2) is 0 Å². The molecule has 16 heavy (non-hydrogen) atoms. The third-order valence-electron chi connectivity index (χ3n) is 2.69. The number of hydrogen-bond acceptors (Lipinski definition) is 2. The smallest absolute Gasteiger partial charge is 0.146 e. The Morgan fingerprint density at radius 3 is 2.62 bits per heavy atom. The fourth-order valence-corrected chi connectivity index (χ4v) is 2.03. The normalized spacial score (nSPS) is 12.8. The molecular weight excluding hydrogens is 222 g/mol. The lowest BCUT2D eigenvalue weighted by Gasteiger charge is -2.21. The van der Waals surface area contributed by atoms with Gasteiger partial charge >= 0.3 is 0 Å². The molecule has 0 aromatic heterocycles. The van der Waals surface area contributed by atoms with E-state index < -0.39 is 0 Å². The Bertz CT molecular complexity index is 363. The fraction of sp³-hybridized carbons (Fsp3) is 0.462. The second-order valence-electron chi connectivity index (χ2n) is 4.26. The number of Topliss-reactive ketones (excluding diaryl/α,β-unsaturated/α-hetero) is 1. The average Bonchev–Trinajstić information content (AvgIpc) is 2.16. The Kier molecular flexibility index (Phi) is 4.97. The van der Waals surface area contributed by atoms with Gasteiger partial charge in [0.05, 0.1) is 6.04 Å². The van der Waals surface area contributed by atoms with Crippen LogP contribution in [0.5, 0.6) is 0 Å². The Labute approximate surface area is 102 Å². The molecule has 0 aliphatic rings. The summed E-state index contributed by atoms with van der Waals surface area (Å²) >= 11 is 5.91. The van der Waals surface area contributed by atoms with E-state index in [1.54, 1.807) is 6.92 Å². The fourth-order valence-electron chi connectivity index (χ4n) is 1.82. The molecule has 0 unspecified atom stereocenters. The van der Waals surface area contributed by atoms with Crippen molar-refractivity contribution in [2.45, 2.75) is 25.8 Å². The number of carbonyl (C=O) groups is 1. The summed E-state index contributed by atoms with van der Waals surface area (Å²) in [6, 6.07) is 7.79. The van der Waals surface area contributed by atoms with Crippen LogP contribution in [0.25, 0.3) is 0 Å². The molecule has 0 saturated carbocycles. The van der Waals surface area contributed by atoms with Gasteiger partial charge in [-0.3, -0.25) is 9.69 Å². The molecular formula is C13H18ClNO. The van der Waals surface area contributed by atoms with E-state index >= 15 is 0 Å². The highest BCUT2D eigenvalue weighted by molar-refractivity contribution is 6.30. The van der Waals surface area contributed by atoms with Crippen molar-refractivity contribution < 1.29 is 4.79 Å². The van der Waals surface area contributed by atoms with Gasteiger partial charge < -0.3 is 0 Å². The third kappa shape index (κ3) is 3.95. The van der Waals surface area contributed by atoms with Gasteiger partial charge in [-0.15, -0.1) is 0 Å². The molecule has 0 N–H and O–H groups in total. The molecule has 0 aliphatic carbocycles. The predicted octanol–water partition coefficient (Wildman–Crippen LogP) is 2.79. The lowest BCUT2D eigenvalue weighted by Crippen LogP contribution is -2.34. The summed E-state index contributed by atoms with van der Waals surface area (Å²) < 4.78 is 0. The second kappa shape index (κ2) is 6.02. The number of carbonyl (C=O) groups excluding carboxylic acids is 1. The first kappa shape index (κ1) is 13.2. The quantitative estimate of drug-likeness (QED) is 0.788. The van der Waals surface area contributed by atoms with E-state index in [0.29, 0.717) is 0 Å². The predicted molar refractivity (Wildman–Crippen MR) is 67.9 cm³/mol. The summed E-state index contributed by atoms with van der Waals surface area (Å²) in [5, 5.41) is 0.752. The van der Waals surface area contributed by atoms with Crippen molar-refractivity contribution in [1.82, 2.24) is 4.90 Å². The number of aryl methyl sites for hydroxylation is 1. The summed E-state index contributed by atoms with van der Waals surface area (Å²) in [6.45, 7) is 1.64. The Balaban J connectivity index is 2.59. The van der Waals surface area contributed by atoms with Crippen molar-refractivity contribution in [2.24, 2.45) is 0 Å². The highest BCUT2D eigenvalue weighted by Crippen LogP contribution is 2.14. The maximum Gasteiger partial charge on any atom is 0.146 e. The van der Waals surface area contributed by atoms with E-state index in [0.717, 1.165) is 17.9 Å². The van der Waals surface area contributed by atoms with Crippen molar-refractivity contribution in [2.75, 3.05) is 14.1 Å². The van der Waals surface area contributed by atoms with Crippen LogP contribution in [0, 0.1) is 0 Å². The van der Waals surface area contributed by atoms with Gasteiger partial charge in [-0.25, -0.2) is 0 Å². The van der Waals surface area contributed by atoms with E-state index in [1.165, 1.54) is 5.56 Å². The topological polar surface area (TPSA) is 20.3 Å². The van der Waals surface area contributed by atoms with Crippen molar-refractivity contribution in [3.05, 3.63) is 34.9 Å². The first-order valence-corrected chi connectivity index (χ1v) is 5.80. The van der Waals surface area contributed by atoms with Crippen molar-refractivity contribution in [3.8, 4) is 0 Å². The van der Waals surface area contributed by atoms with Crippen molar-refractivity contribution >= 4 is 17.4 Å². The first-order valence-electron chi connectivity index (χ1n) is 5.42. The van der Waals surface area contributed by atoms with E-state index in [9.17, 15) is 4.79 Å². The summed E-state index contributed by atoms with van der Waals surface area (Å²) in [4.78, 5) is 13.4. The van der Waals surface area contributed by atoms with Crippen LogP contribution in [-0.4, -0.2) is 30.8 Å². The average molecular weight is 240 g/mol. The van der Waals surface area contributed by atoms with Crippen LogP contribution in [-0.2, 0) is 11.2 Å². The van der Waals surface area contributed by atoms with Crippen LogP contribution >= 0.6 is 11.6 Å². The van der Waals surface area contributed by atoms with Gasteiger partial charge in [0.25, 0.3) is 0 Å². The second-order valence-corrected chi connectivity index (χ2v) is 4.70. The van der Waals surface area contributed by atoms with Crippen LogP contribution in [0.4, 0.5) is 0 Å². The number of hydrogen-bond donors (Lipinski definition) is 0. The molecule has 0 radical (unpaired) electrons. The largest absolute Gasteiger partial charge is 0.300 e. The Hall–Kier alpha value is -0.860. The minimum absolute atomic E-state index is 0.000943. The summed E-state index contributed by atoms with van der Waals surface area (Å²) in [5.41, 5.74) is 1.18. The number of likely N-dealkylation sites (N-methyl/N-ethyl adjacent to an activating group) is 1. The molecule has 1 aromatic rings. The van der Waals surface area contributed by atoms with Crippen LogP contribution in [0.3, 0.4) is 0 Å². The third-order valence-corrected chi connectivity index (χ3v) is 2.92. The standard InChI is InChI=1S/C13H18ClNO/c1-10(16)13(15(2)3)8-7-11-5-4-6-12(14)9-11/h4-6,9,13H,7-8H2,1-3H3/t13-/m0/s1. The van der Waals surface area contributed by atoms with E-state index in [1.807, 2.05) is 43.3 Å². The van der Waals surface area contributed by atoms with E-state index in [2.05, 4.69) is 0 Å². The molecule has 0 aliphatic heterocycles. The number of ketones is 1. The maximum absolute atomic E-state index is 11.4. The molecule has 2 nitrogen and oxygen atoms in total. The maximum atomic E-state index is 11.4. The van der Waals surface area contributed by atoms with Crippen LogP contribution < -0.4 is 0 Å². The number of rotatable bonds is 5. The zero-order chi connectivity index (χ0) is 12.1. The molecule has 0 saturated heterocycles. The molecule has 88 valence electrons. The summed E-state index contributed by atoms with van der Waals surface area (Å²) in [5.74, 6) is 0.215. The molecule has 1 atom stereocenters. The van der Waals surface area contributed by atoms with E-state index in [-0.39, 0.29) is 11.8 Å². The van der Waals surface area contributed by atoms with Crippen LogP contribution in [0.15, 0.2) is 24.3 Å². The minimum atomic E-state index is -0.000943. The molecule has 1 rings (SSSR count). The number of halogens is 1. The van der Waals surface area contributed by atoms with Crippen molar-refractivity contribution in [3.63, 3.8) is 0 Å². The highest BCUT2D eigenvalue weighted by Gasteiger charge is 2.15. The highest BCUT2D eigenvalue weighted by atomic mass is 35.5. The van der Waals surface area contributed by atoms with Gasteiger partial charge in [0, 0.05) is 5.02 Å².